The average molecular weight is 320 g/mol. The predicted octanol–water partition coefficient (Wildman–Crippen LogP) is 3.24. The molecular weight excluding hydrogens is 303 g/mol. The first-order valence-corrected chi connectivity index (χ1v) is 7.95. The van der Waals surface area contributed by atoms with Crippen LogP contribution in [0.25, 0.3) is 0 Å². The van der Waals surface area contributed by atoms with Gasteiger partial charge in [0.1, 0.15) is 11.6 Å². The van der Waals surface area contributed by atoms with Gasteiger partial charge in [0.05, 0.1) is 12.8 Å². The number of hydrazone groups is 1. The van der Waals surface area contributed by atoms with E-state index in [1.165, 1.54) is 36.5 Å². The molecule has 1 aliphatic carbocycles. The fraction of sp³-hybridized carbons (Fsp3) is 0.333. The lowest BCUT2D eigenvalue weighted by Crippen LogP contribution is -2.00. The van der Waals surface area contributed by atoms with E-state index in [2.05, 4.69) is 15.5 Å². The highest BCUT2D eigenvalue weighted by Gasteiger charge is 2.21. The summed E-state index contributed by atoms with van der Waals surface area (Å²) < 4.78 is 19.5. The minimum atomic E-state index is -0.279. The third kappa shape index (κ3) is 4.25. The summed E-state index contributed by atoms with van der Waals surface area (Å²) in [6.45, 7) is 1.04. The van der Waals surface area contributed by atoms with E-state index in [-0.39, 0.29) is 5.82 Å². The summed E-state index contributed by atoms with van der Waals surface area (Å²) in [6.07, 6.45) is 4.00. The van der Waals surface area contributed by atoms with Crippen LogP contribution in [0.1, 0.15) is 24.0 Å². The molecule has 0 atom stereocenters. The summed E-state index contributed by atoms with van der Waals surface area (Å²) >= 11 is 1.36. The van der Waals surface area contributed by atoms with Crippen LogP contribution in [0, 0.1) is 11.7 Å². The van der Waals surface area contributed by atoms with E-state index in [0.29, 0.717) is 34.6 Å². The second-order valence-corrected chi connectivity index (χ2v) is 6.11. The van der Waals surface area contributed by atoms with E-state index < -0.39 is 0 Å². The number of rotatable bonds is 7. The Kier molecular flexibility index (Phi) is 4.65. The molecule has 0 spiro atoms. The van der Waals surface area contributed by atoms with Crippen molar-refractivity contribution >= 4 is 28.5 Å². The van der Waals surface area contributed by atoms with E-state index in [0.717, 1.165) is 6.61 Å². The van der Waals surface area contributed by atoms with Crippen LogP contribution in [-0.4, -0.2) is 17.8 Å². The number of benzene rings is 1. The molecule has 3 N–H and O–H groups in total. The molecule has 0 saturated heterocycles. The van der Waals surface area contributed by atoms with Gasteiger partial charge in [-0.05, 0) is 30.4 Å². The van der Waals surface area contributed by atoms with E-state index in [1.54, 1.807) is 17.5 Å². The molecule has 1 saturated carbocycles. The molecule has 116 valence electrons. The van der Waals surface area contributed by atoms with Crippen LogP contribution < -0.4 is 11.2 Å². The van der Waals surface area contributed by atoms with Crippen LogP contribution >= 0.6 is 11.3 Å². The van der Waals surface area contributed by atoms with Crippen LogP contribution in [0.5, 0.6) is 0 Å². The molecule has 1 aromatic carbocycles. The summed E-state index contributed by atoms with van der Waals surface area (Å²) in [7, 11) is 0. The second kappa shape index (κ2) is 6.85. The van der Waals surface area contributed by atoms with Gasteiger partial charge in [0.15, 0.2) is 0 Å². The summed E-state index contributed by atoms with van der Waals surface area (Å²) in [6, 6.07) is 4.97. The number of hydrogen-bond donors (Lipinski definition) is 2. The molecule has 7 heteroatoms. The number of nitrogen functional groups attached to an aromatic ring is 1. The monoisotopic (exact) mass is 320 g/mol. The van der Waals surface area contributed by atoms with Crippen molar-refractivity contribution < 1.29 is 9.13 Å². The van der Waals surface area contributed by atoms with Gasteiger partial charge in [0, 0.05) is 17.6 Å². The van der Waals surface area contributed by atoms with Gasteiger partial charge in [0.25, 0.3) is 0 Å². The SMILES string of the molecule is Nc1csc(NN=Cc2ccc(COCC3CC3)c(F)c2)n1. The average Bonchev–Trinajstić information content (AvgIpc) is 3.23. The van der Waals surface area contributed by atoms with Crippen molar-refractivity contribution in [3.63, 3.8) is 0 Å². The minimum absolute atomic E-state index is 0.279. The Balaban J connectivity index is 1.53. The highest BCUT2D eigenvalue weighted by molar-refractivity contribution is 7.14. The smallest absolute Gasteiger partial charge is 0.205 e. The third-order valence-corrected chi connectivity index (χ3v) is 4.05. The van der Waals surface area contributed by atoms with Gasteiger partial charge < -0.3 is 10.5 Å². The van der Waals surface area contributed by atoms with E-state index in [4.69, 9.17) is 10.5 Å². The van der Waals surface area contributed by atoms with Gasteiger partial charge in [0.2, 0.25) is 5.13 Å². The van der Waals surface area contributed by atoms with E-state index in [9.17, 15) is 4.39 Å². The van der Waals surface area contributed by atoms with Crippen LogP contribution in [0.3, 0.4) is 0 Å². The zero-order valence-electron chi connectivity index (χ0n) is 12.0. The summed E-state index contributed by atoms with van der Waals surface area (Å²) in [5, 5.41) is 6.32. The van der Waals surface area contributed by atoms with Gasteiger partial charge >= 0.3 is 0 Å². The number of hydrogen-bond acceptors (Lipinski definition) is 6. The van der Waals surface area contributed by atoms with Crippen molar-refractivity contribution in [3.8, 4) is 0 Å². The molecule has 0 aliphatic heterocycles. The van der Waals surface area contributed by atoms with Gasteiger partial charge in [-0.2, -0.15) is 5.10 Å². The van der Waals surface area contributed by atoms with Crippen molar-refractivity contribution in [2.24, 2.45) is 11.0 Å². The zero-order chi connectivity index (χ0) is 15.4. The molecule has 0 radical (unpaired) electrons. The zero-order valence-corrected chi connectivity index (χ0v) is 12.8. The maximum atomic E-state index is 14.0. The van der Waals surface area contributed by atoms with Crippen LogP contribution in [0.4, 0.5) is 15.3 Å². The summed E-state index contributed by atoms with van der Waals surface area (Å²) in [5.41, 5.74) is 9.49. The number of nitrogens with zero attached hydrogens (tertiary/aromatic N) is 2. The van der Waals surface area contributed by atoms with Crippen LogP contribution in [0.2, 0.25) is 0 Å². The predicted molar refractivity (Wildman–Crippen MR) is 86.5 cm³/mol. The molecule has 22 heavy (non-hydrogen) atoms. The minimum Gasteiger partial charge on any atom is -0.383 e. The fourth-order valence-electron chi connectivity index (χ4n) is 1.88. The normalized spacial score (nSPS) is 14.6. The Morgan fingerprint density at radius 1 is 1.50 bits per heavy atom. The van der Waals surface area contributed by atoms with E-state index in [1.807, 2.05) is 0 Å². The third-order valence-electron chi connectivity index (χ3n) is 3.28. The Hall–Kier alpha value is -1.99. The molecule has 1 fully saturated rings. The Labute approximate surface area is 132 Å². The lowest BCUT2D eigenvalue weighted by molar-refractivity contribution is 0.109. The van der Waals surface area contributed by atoms with Gasteiger partial charge in [-0.1, -0.05) is 12.1 Å². The van der Waals surface area contributed by atoms with Crippen molar-refractivity contribution in [3.05, 3.63) is 40.5 Å². The van der Waals surface area contributed by atoms with Crippen LogP contribution in [-0.2, 0) is 11.3 Å². The fourth-order valence-corrected chi connectivity index (χ4v) is 2.43. The van der Waals surface area contributed by atoms with Gasteiger partial charge in [-0.3, -0.25) is 5.43 Å². The topological polar surface area (TPSA) is 72.5 Å². The highest BCUT2D eigenvalue weighted by atomic mass is 32.1. The number of anilines is 2. The first-order valence-electron chi connectivity index (χ1n) is 7.07. The largest absolute Gasteiger partial charge is 0.383 e. The Bertz CT molecular complexity index is 669. The highest BCUT2D eigenvalue weighted by Crippen LogP contribution is 2.29. The standard InChI is InChI=1S/C15H17FN4OS/c16-13-5-11(6-18-20-15-19-14(17)9-22-15)3-4-12(13)8-21-7-10-1-2-10/h3-6,9-10H,1-2,7-8,17H2,(H,19,20). The Morgan fingerprint density at radius 2 is 2.36 bits per heavy atom. The molecule has 0 unspecified atom stereocenters. The molecule has 0 amide bonds. The maximum Gasteiger partial charge on any atom is 0.205 e. The molecule has 1 aliphatic rings. The molecule has 1 aromatic heterocycles. The number of aromatic nitrogens is 1. The number of halogens is 1. The van der Waals surface area contributed by atoms with Gasteiger partial charge in [-0.25, -0.2) is 9.37 Å². The summed E-state index contributed by atoms with van der Waals surface area (Å²) in [4.78, 5) is 4.01. The molecule has 2 aromatic rings. The second-order valence-electron chi connectivity index (χ2n) is 5.26. The molecule has 1 heterocycles. The number of nitrogens with two attached hydrogens (primary N) is 1. The molecule has 3 rings (SSSR count). The lowest BCUT2D eigenvalue weighted by atomic mass is 10.1. The number of thiazole rings is 1. The Morgan fingerprint density at radius 3 is 3.05 bits per heavy atom. The molecule has 5 nitrogen and oxygen atoms in total. The van der Waals surface area contributed by atoms with Gasteiger partial charge in [-0.15, -0.1) is 11.3 Å². The lowest BCUT2D eigenvalue weighted by Gasteiger charge is -2.05. The number of nitrogens with one attached hydrogen (secondary N) is 1. The first kappa shape index (κ1) is 14.9. The van der Waals surface area contributed by atoms with E-state index >= 15 is 0 Å². The summed E-state index contributed by atoms with van der Waals surface area (Å²) in [5.74, 6) is 0.850. The maximum absolute atomic E-state index is 14.0. The number of ether oxygens (including phenoxy) is 1. The molecule has 0 bridgehead atoms. The van der Waals surface area contributed by atoms with Crippen molar-refractivity contribution in [2.75, 3.05) is 17.8 Å². The quantitative estimate of drug-likeness (QED) is 0.607. The van der Waals surface area contributed by atoms with Crippen molar-refractivity contribution in [1.82, 2.24) is 4.98 Å². The van der Waals surface area contributed by atoms with Crippen molar-refractivity contribution in [1.29, 1.82) is 0 Å². The first-order chi connectivity index (χ1) is 10.7. The molecular formula is C15H17FN4OS. The van der Waals surface area contributed by atoms with Crippen LogP contribution in [0.15, 0.2) is 28.7 Å². The van der Waals surface area contributed by atoms with Crippen molar-refractivity contribution in [2.45, 2.75) is 19.4 Å².